The third-order valence-electron chi connectivity index (χ3n) is 5.57. The predicted octanol–water partition coefficient (Wildman–Crippen LogP) is 2.40. The second-order valence-electron chi connectivity index (χ2n) is 7.66. The lowest BCUT2D eigenvalue weighted by atomic mass is 9.96. The van der Waals surface area contributed by atoms with Gasteiger partial charge in [-0.3, -0.25) is 19.5 Å². The number of rotatable bonds is 6. The molecule has 2 aromatic carbocycles. The molecule has 0 radical (unpaired) electrons. The number of aromatic nitrogens is 2. The van der Waals surface area contributed by atoms with Gasteiger partial charge in [0.05, 0.1) is 12.7 Å². The normalized spacial score (nSPS) is 14.1. The Morgan fingerprint density at radius 3 is 2.52 bits per heavy atom. The van der Waals surface area contributed by atoms with Crippen LogP contribution in [0, 0.1) is 5.82 Å². The summed E-state index contributed by atoms with van der Waals surface area (Å²) >= 11 is 0. The lowest BCUT2D eigenvalue weighted by Gasteiger charge is -2.34. The number of amides is 2. The van der Waals surface area contributed by atoms with Crippen LogP contribution in [0.5, 0.6) is 0 Å². The average Bonchev–Trinajstić information content (AvgIpc) is 2.85. The Hall–Kier alpha value is -3.85. The summed E-state index contributed by atoms with van der Waals surface area (Å²) in [6.07, 6.45) is 5.03. The molecule has 8 nitrogen and oxygen atoms in total. The van der Waals surface area contributed by atoms with Gasteiger partial charge < -0.3 is 15.5 Å². The van der Waals surface area contributed by atoms with Crippen molar-refractivity contribution in [3.8, 4) is 11.1 Å². The van der Waals surface area contributed by atoms with E-state index in [2.05, 4.69) is 25.5 Å². The molecule has 170 valence electrons. The second-order valence-corrected chi connectivity index (χ2v) is 7.66. The van der Waals surface area contributed by atoms with Crippen molar-refractivity contribution < 1.29 is 14.0 Å². The van der Waals surface area contributed by atoms with Crippen LogP contribution in [-0.2, 0) is 4.79 Å². The van der Waals surface area contributed by atoms with Gasteiger partial charge in [-0.2, -0.15) is 0 Å². The molecule has 4 rings (SSSR count). The topological polar surface area (TPSA) is 90.5 Å². The highest BCUT2D eigenvalue weighted by atomic mass is 19.1. The summed E-state index contributed by atoms with van der Waals surface area (Å²) in [5.41, 5.74) is 1.29. The molecule has 1 aromatic heterocycles. The Balaban J connectivity index is 1.48. The zero-order chi connectivity index (χ0) is 23.2. The summed E-state index contributed by atoms with van der Waals surface area (Å²) in [5.74, 6) is -0.231. The lowest BCUT2D eigenvalue weighted by molar-refractivity contribution is -0.117. The molecule has 9 heteroatoms. The number of piperazine rings is 1. The van der Waals surface area contributed by atoms with E-state index in [-0.39, 0.29) is 29.5 Å². The minimum atomic E-state index is -0.468. The number of anilines is 2. The van der Waals surface area contributed by atoms with Crippen LogP contribution < -0.4 is 15.5 Å². The number of hydrogen-bond acceptors (Lipinski definition) is 6. The van der Waals surface area contributed by atoms with Crippen LogP contribution in [-0.4, -0.2) is 66.5 Å². The van der Waals surface area contributed by atoms with Crippen molar-refractivity contribution in [2.45, 2.75) is 0 Å². The fourth-order valence-electron chi connectivity index (χ4n) is 3.92. The maximum atomic E-state index is 14.6. The van der Waals surface area contributed by atoms with Crippen molar-refractivity contribution in [1.82, 2.24) is 20.2 Å². The van der Waals surface area contributed by atoms with Crippen LogP contribution in [0.2, 0.25) is 0 Å². The number of benzene rings is 2. The van der Waals surface area contributed by atoms with Gasteiger partial charge in [0.1, 0.15) is 11.6 Å². The van der Waals surface area contributed by atoms with E-state index in [4.69, 9.17) is 0 Å². The van der Waals surface area contributed by atoms with Crippen molar-refractivity contribution in [3.63, 3.8) is 0 Å². The van der Waals surface area contributed by atoms with Gasteiger partial charge in [0.15, 0.2) is 0 Å². The first kappa shape index (κ1) is 22.3. The molecule has 0 aliphatic carbocycles. The van der Waals surface area contributed by atoms with E-state index in [9.17, 15) is 14.0 Å². The minimum absolute atomic E-state index is 0.190. The van der Waals surface area contributed by atoms with Crippen LogP contribution in [0.15, 0.2) is 61.1 Å². The highest BCUT2D eigenvalue weighted by molar-refractivity contribution is 6.06. The minimum Gasteiger partial charge on any atom is -0.355 e. The summed E-state index contributed by atoms with van der Waals surface area (Å²) in [5, 5.41) is 5.46. The van der Waals surface area contributed by atoms with Crippen LogP contribution in [0.1, 0.15) is 10.4 Å². The first-order chi connectivity index (χ1) is 16.1. The molecule has 0 saturated carbocycles. The van der Waals surface area contributed by atoms with E-state index >= 15 is 0 Å². The van der Waals surface area contributed by atoms with Crippen molar-refractivity contribution in [2.24, 2.45) is 0 Å². The molecule has 1 aliphatic rings. The Bertz CT molecular complexity index is 1130. The maximum Gasteiger partial charge on any atom is 0.251 e. The van der Waals surface area contributed by atoms with E-state index in [0.29, 0.717) is 24.3 Å². The summed E-state index contributed by atoms with van der Waals surface area (Å²) in [4.78, 5) is 37.9. The van der Waals surface area contributed by atoms with Crippen LogP contribution in [0.3, 0.4) is 0 Å². The SMILES string of the molecule is CNC(=O)c1cccc(NC(=O)CN2CCN(c3cnccn3)CC2)c1-c1ccccc1F. The maximum absolute atomic E-state index is 14.6. The average molecular weight is 449 g/mol. The van der Waals surface area contributed by atoms with Crippen LogP contribution >= 0.6 is 0 Å². The molecule has 2 amide bonds. The molecule has 1 saturated heterocycles. The van der Waals surface area contributed by atoms with E-state index in [1.54, 1.807) is 55.0 Å². The predicted molar refractivity (Wildman–Crippen MR) is 125 cm³/mol. The quantitative estimate of drug-likeness (QED) is 0.602. The Kier molecular flexibility index (Phi) is 6.89. The van der Waals surface area contributed by atoms with Gasteiger partial charge >= 0.3 is 0 Å². The molecule has 33 heavy (non-hydrogen) atoms. The molecule has 0 spiro atoms. The number of nitrogens with zero attached hydrogens (tertiary/aromatic N) is 4. The highest BCUT2D eigenvalue weighted by Gasteiger charge is 2.22. The number of hydrogen-bond donors (Lipinski definition) is 2. The first-order valence-corrected chi connectivity index (χ1v) is 10.7. The summed E-state index contributed by atoms with van der Waals surface area (Å²) in [7, 11) is 1.51. The number of nitrogens with one attached hydrogen (secondary N) is 2. The highest BCUT2D eigenvalue weighted by Crippen LogP contribution is 2.33. The molecular formula is C24H25FN6O2. The molecule has 0 atom stereocenters. The Morgan fingerprint density at radius 2 is 1.82 bits per heavy atom. The van der Waals surface area contributed by atoms with E-state index in [0.717, 1.165) is 18.9 Å². The Morgan fingerprint density at radius 1 is 1.03 bits per heavy atom. The van der Waals surface area contributed by atoms with Gasteiger partial charge in [-0.05, 0) is 18.2 Å². The van der Waals surface area contributed by atoms with Gasteiger partial charge in [-0.25, -0.2) is 9.37 Å². The molecule has 3 aromatic rings. The zero-order valence-corrected chi connectivity index (χ0v) is 18.3. The zero-order valence-electron chi connectivity index (χ0n) is 18.3. The van der Waals surface area contributed by atoms with Gasteiger partial charge in [0.2, 0.25) is 5.91 Å². The fourth-order valence-corrected chi connectivity index (χ4v) is 3.92. The number of halogens is 1. The summed E-state index contributed by atoms with van der Waals surface area (Å²) in [6, 6.07) is 11.2. The molecular weight excluding hydrogens is 423 g/mol. The molecule has 0 bridgehead atoms. The third-order valence-corrected chi connectivity index (χ3v) is 5.57. The monoisotopic (exact) mass is 448 g/mol. The van der Waals surface area contributed by atoms with Crippen molar-refractivity contribution in [3.05, 3.63) is 72.4 Å². The molecule has 2 heterocycles. The van der Waals surface area contributed by atoms with E-state index < -0.39 is 5.82 Å². The van der Waals surface area contributed by atoms with Crippen LogP contribution in [0.4, 0.5) is 15.9 Å². The number of carbonyl (C=O) groups excluding carboxylic acids is 2. The van der Waals surface area contributed by atoms with Crippen LogP contribution in [0.25, 0.3) is 11.1 Å². The van der Waals surface area contributed by atoms with E-state index in [1.165, 1.54) is 13.1 Å². The van der Waals surface area contributed by atoms with Crippen molar-refractivity contribution >= 4 is 23.3 Å². The fraction of sp³-hybridized carbons (Fsp3) is 0.250. The molecule has 1 fully saturated rings. The number of carbonyl (C=O) groups is 2. The largest absolute Gasteiger partial charge is 0.355 e. The second kappa shape index (κ2) is 10.2. The first-order valence-electron chi connectivity index (χ1n) is 10.7. The molecule has 0 unspecified atom stereocenters. The van der Waals surface area contributed by atoms with Crippen molar-refractivity contribution in [1.29, 1.82) is 0 Å². The lowest BCUT2D eigenvalue weighted by Crippen LogP contribution is -2.49. The third kappa shape index (κ3) is 5.15. The van der Waals surface area contributed by atoms with Gasteiger partial charge in [-0.15, -0.1) is 0 Å². The molecule has 1 aliphatic heterocycles. The smallest absolute Gasteiger partial charge is 0.251 e. The van der Waals surface area contributed by atoms with Crippen molar-refractivity contribution in [2.75, 3.05) is 50.0 Å². The summed E-state index contributed by atoms with van der Waals surface area (Å²) < 4.78 is 14.6. The van der Waals surface area contributed by atoms with Gasteiger partial charge in [-0.1, -0.05) is 24.3 Å². The van der Waals surface area contributed by atoms with Gasteiger partial charge in [0.25, 0.3) is 5.91 Å². The summed E-state index contributed by atoms with van der Waals surface area (Å²) in [6.45, 7) is 3.05. The molecule has 2 N–H and O–H groups in total. The van der Waals surface area contributed by atoms with E-state index in [1.807, 2.05) is 4.90 Å². The Labute approximate surface area is 191 Å². The van der Waals surface area contributed by atoms with Gasteiger partial charge in [0, 0.05) is 68.0 Å². The standard InChI is InChI=1S/C24H25FN6O2/c1-26-24(33)18-6-4-8-20(23(18)17-5-2-3-7-19(17)25)29-22(32)16-30-11-13-31(14-12-30)21-15-27-9-10-28-21/h2-10,15H,11-14,16H2,1H3,(H,26,33)(H,29,32).